The second kappa shape index (κ2) is 7.62. The van der Waals surface area contributed by atoms with Crippen LogP contribution in [0, 0.1) is 6.92 Å². The first kappa shape index (κ1) is 14.4. The monoisotopic (exact) mass is 253 g/mol. The van der Waals surface area contributed by atoms with E-state index in [2.05, 4.69) is 19.2 Å². The van der Waals surface area contributed by atoms with Crippen molar-refractivity contribution < 1.29 is 5.11 Å². The van der Waals surface area contributed by atoms with E-state index in [1.807, 2.05) is 30.8 Å². The molecule has 1 aromatic rings. The lowest BCUT2D eigenvalue weighted by molar-refractivity contribution is 0.452. The van der Waals surface area contributed by atoms with E-state index >= 15 is 0 Å². The van der Waals surface area contributed by atoms with Gasteiger partial charge in [0.2, 0.25) is 0 Å². The first-order chi connectivity index (χ1) is 8.15. The summed E-state index contributed by atoms with van der Waals surface area (Å²) in [6.45, 7) is 7.34. The summed E-state index contributed by atoms with van der Waals surface area (Å²) in [5.74, 6) is 2.78. The smallest absolute Gasteiger partial charge is 0.120 e. The van der Waals surface area contributed by atoms with Crippen LogP contribution < -0.4 is 5.32 Å². The zero-order valence-electron chi connectivity index (χ0n) is 11.0. The molecule has 1 rings (SSSR count). The van der Waals surface area contributed by atoms with E-state index in [0.717, 1.165) is 12.1 Å². The highest BCUT2D eigenvalue weighted by Gasteiger charge is 2.09. The molecule has 0 fully saturated rings. The average Bonchev–Trinajstić information content (AvgIpc) is 2.32. The second-order valence-corrected chi connectivity index (χ2v) is 5.68. The molecule has 1 unspecified atom stereocenters. The number of nitrogens with one attached hydrogen (secondary N) is 1. The number of phenols is 1. The summed E-state index contributed by atoms with van der Waals surface area (Å²) in [5, 5.41) is 13.3. The summed E-state index contributed by atoms with van der Waals surface area (Å²) in [6.07, 6.45) is 1.18. The van der Waals surface area contributed by atoms with Crippen molar-refractivity contribution in [3.63, 3.8) is 0 Å². The van der Waals surface area contributed by atoms with Crippen molar-refractivity contribution in [2.75, 3.05) is 18.1 Å². The van der Waals surface area contributed by atoms with Crippen LogP contribution in [0.2, 0.25) is 0 Å². The van der Waals surface area contributed by atoms with E-state index in [1.165, 1.54) is 23.5 Å². The molecule has 3 heteroatoms. The lowest BCUT2D eigenvalue weighted by atomic mass is 10.0. The molecule has 0 aliphatic heterocycles. The minimum absolute atomic E-state index is 0.210. The second-order valence-electron chi connectivity index (χ2n) is 4.29. The third-order valence-corrected chi connectivity index (χ3v) is 3.76. The molecule has 0 aromatic heterocycles. The standard InChI is InChI=1S/C14H23NOS/c1-4-17-9-5-8-15-12(3)13-10-11(2)6-7-14(13)16/h6-7,10,12,15-16H,4-5,8-9H2,1-3H3. The van der Waals surface area contributed by atoms with Crippen LogP contribution in [0.4, 0.5) is 0 Å². The summed E-state index contributed by atoms with van der Waals surface area (Å²) in [5.41, 5.74) is 2.18. The zero-order chi connectivity index (χ0) is 12.7. The average molecular weight is 253 g/mol. The molecule has 0 amide bonds. The topological polar surface area (TPSA) is 32.3 Å². The van der Waals surface area contributed by atoms with Crippen molar-refractivity contribution in [1.29, 1.82) is 0 Å². The van der Waals surface area contributed by atoms with Gasteiger partial charge >= 0.3 is 0 Å². The van der Waals surface area contributed by atoms with E-state index in [4.69, 9.17) is 0 Å². The lowest BCUT2D eigenvalue weighted by Crippen LogP contribution is -2.20. The van der Waals surface area contributed by atoms with Gasteiger partial charge in [-0.05, 0) is 44.4 Å². The van der Waals surface area contributed by atoms with Crippen molar-refractivity contribution in [1.82, 2.24) is 5.32 Å². The van der Waals surface area contributed by atoms with E-state index in [1.54, 1.807) is 6.07 Å². The van der Waals surface area contributed by atoms with E-state index < -0.39 is 0 Å². The van der Waals surface area contributed by atoms with Gasteiger partial charge in [0.25, 0.3) is 0 Å². The van der Waals surface area contributed by atoms with Crippen molar-refractivity contribution in [2.24, 2.45) is 0 Å². The Morgan fingerprint density at radius 1 is 1.41 bits per heavy atom. The third-order valence-electron chi connectivity index (χ3n) is 2.77. The molecule has 0 spiro atoms. The maximum absolute atomic E-state index is 9.80. The first-order valence-corrected chi connectivity index (χ1v) is 7.41. The molecular weight excluding hydrogens is 230 g/mol. The first-order valence-electron chi connectivity index (χ1n) is 6.25. The van der Waals surface area contributed by atoms with E-state index in [0.29, 0.717) is 5.75 Å². The van der Waals surface area contributed by atoms with Gasteiger partial charge in [-0.25, -0.2) is 0 Å². The fourth-order valence-corrected chi connectivity index (χ4v) is 2.40. The zero-order valence-corrected chi connectivity index (χ0v) is 11.8. The van der Waals surface area contributed by atoms with Crippen molar-refractivity contribution >= 4 is 11.8 Å². The molecule has 17 heavy (non-hydrogen) atoms. The predicted molar refractivity (Wildman–Crippen MR) is 76.9 cm³/mol. The largest absolute Gasteiger partial charge is 0.508 e. The Labute approximate surface area is 109 Å². The Morgan fingerprint density at radius 2 is 2.18 bits per heavy atom. The molecule has 2 nitrogen and oxygen atoms in total. The third kappa shape index (κ3) is 5.00. The number of hydrogen-bond acceptors (Lipinski definition) is 3. The minimum Gasteiger partial charge on any atom is -0.508 e. The Hall–Kier alpha value is -0.670. The Bertz CT molecular complexity index is 341. The Kier molecular flexibility index (Phi) is 6.45. The Balaban J connectivity index is 2.41. The van der Waals surface area contributed by atoms with Crippen LogP contribution >= 0.6 is 11.8 Å². The van der Waals surface area contributed by atoms with E-state index in [-0.39, 0.29) is 6.04 Å². The highest BCUT2D eigenvalue weighted by atomic mass is 32.2. The van der Waals surface area contributed by atoms with Crippen molar-refractivity contribution in [3.05, 3.63) is 29.3 Å². The minimum atomic E-state index is 0.210. The summed E-state index contributed by atoms with van der Waals surface area (Å²) < 4.78 is 0. The van der Waals surface area contributed by atoms with Gasteiger partial charge in [-0.1, -0.05) is 24.6 Å². The summed E-state index contributed by atoms with van der Waals surface area (Å²) in [6, 6.07) is 5.97. The maximum Gasteiger partial charge on any atom is 0.120 e. The number of phenolic OH excluding ortho intramolecular Hbond substituents is 1. The number of benzene rings is 1. The van der Waals surface area contributed by atoms with Crippen LogP contribution in [-0.2, 0) is 0 Å². The summed E-state index contributed by atoms with van der Waals surface area (Å²) >= 11 is 1.97. The molecule has 0 radical (unpaired) electrons. The van der Waals surface area contributed by atoms with Gasteiger partial charge in [0.05, 0.1) is 0 Å². The fraction of sp³-hybridized carbons (Fsp3) is 0.571. The van der Waals surface area contributed by atoms with Gasteiger partial charge in [-0.2, -0.15) is 11.8 Å². The molecule has 0 bridgehead atoms. The number of thioether (sulfide) groups is 1. The molecule has 1 aromatic carbocycles. The van der Waals surface area contributed by atoms with Crippen molar-refractivity contribution in [2.45, 2.75) is 33.2 Å². The molecule has 0 heterocycles. The molecule has 0 aliphatic carbocycles. The highest BCUT2D eigenvalue weighted by Crippen LogP contribution is 2.24. The molecule has 96 valence electrons. The van der Waals surface area contributed by atoms with Gasteiger partial charge in [0.15, 0.2) is 0 Å². The number of hydrogen-bond donors (Lipinski definition) is 2. The predicted octanol–water partition coefficient (Wildman–Crippen LogP) is 3.49. The van der Waals surface area contributed by atoms with Gasteiger partial charge in [0, 0.05) is 11.6 Å². The quantitative estimate of drug-likeness (QED) is 0.730. The molecule has 1 atom stereocenters. The SMILES string of the molecule is CCSCCCNC(C)c1cc(C)ccc1O. The van der Waals surface area contributed by atoms with Gasteiger partial charge in [0.1, 0.15) is 5.75 Å². The molecule has 0 saturated heterocycles. The van der Waals surface area contributed by atoms with Gasteiger partial charge in [-0.3, -0.25) is 0 Å². The maximum atomic E-state index is 9.80. The summed E-state index contributed by atoms with van der Waals surface area (Å²) in [4.78, 5) is 0. The van der Waals surface area contributed by atoms with E-state index in [9.17, 15) is 5.11 Å². The Morgan fingerprint density at radius 3 is 2.88 bits per heavy atom. The van der Waals surface area contributed by atoms with Crippen LogP contribution in [-0.4, -0.2) is 23.2 Å². The van der Waals surface area contributed by atoms with Crippen LogP contribution in [0.25, 0.3) is 0 Å². The number of aryl methyl sites for hydroxylation is 1. The van der Waals surface area contributed by atoms with Gasteiger partial charge in [-0.15, -0.1) is 0 Å². The molecule has 2 N–H and O–H groups in total. The number of rotatable bonds is 7. The normalized spacial score (nSPS) is 12.6. The van der Waals surface area contributed by atoms with Gasteiger partial charge < -0.3 is 10.4 Å². The van der Waals surface area contributed by atoms with Crippen LogP contribution in [0.1, 0.15) is 37.4 Å². The fourth-order valence-electron chi connectivity index (χ4n) is 1.77. The molecule has 0 aliphatic rings. The lowest BCUT2D eigenvalue weighted by Gasteiger charge is -2.16. The van der Waals surface area contributed by atoms with Crippen LogP contribution in [0.15, 0.2) is 18.2 Å². The molecular formula is C14H23NOS. The van der Waals surface area contributed by atoms with Crippen LogP contribution in [0.3, 0.4) is 0 Å². The molecule has 0 saturated carbocycles. The highest BCUT2D eigenvalue weighted by molar-refractivity contribution is 7.99. The van der Waals surface area contributed by atoms with Crippen LogP contribution in [0.5, 0.6) is 5.75 Å². The summed E-state index contributed by atoms with van der Waals surface area (Å²) in [7, 11) is 0. The number of aromatic hydroxyl groups is 1. The van der Waals surface area contributed by atoms with Crippen molar-refractivity contribution in [3.8, 4) is 5.75 Å².